The van der Waals surface area contributed by atoms with Crippen molar-refractivity contribution < 1.29 is 9.53 Å². The first-order valence-corrected chi connectivity index (χ1v) is 7.42. The van der Waals surface area contributed by atoms with Gasteiger partial charge in [0.15, 0.2) is 0 Å². The molecule has 2 amide bonds. The number of methoxy groups -OCH3 is 1. The van der Waals surface area contributed by atoms with Crippen molar-refractivity contribution >= 4 is 11.7 Å². The van der Waals surface area contributed by atoms with Crippen LogP contribution in [0, 0.1) is 5.41 Å². The monoisotopic (exact) mass is 317 g/mol. The highest BCUT2D eigenvalue weighted by molar-refractivity contribution is 5.89. The van der Waals surface area contributed by atoms with Crippen LogP contribution in [0.1, 0.15) is 20.8 Å². The highest BCUT2D eigenvalue weighted by Gasteiger charge is 2.26. The minimum Gasteiger partial charge on any atom is -0.481 e. The van der Waals surface area contributed by atoms with Crippen LogP contribution in [-0.4, -0.2) is 33.7 Å². The molecular weight excluding hydrogens is 294 g/mol. The molecule has 0 unspecified atom stereocenters. The van der Waals surface area contributed by atoms with E-state index in [0.717, 1.165) is 0 Å². The third kappa shape index (κ3) is 4.98. The van der Waals surface area contributed by atoms with Gasteiger partial charge in [0.2, 0.25) is 5.88 Å². The second-order valence-electron chi connectivity index (χ2n) is 6.37. The van der Waals surface area contributed by atoms with Crippen molar-refractivity contribution in [2.75, 3.05) is 12.4 Å². The summed E-state index contributed by atoms with van der Waals surface area (Å²) in [7, 11) is 1.55. The number of rotatable bonds is 5. The van der Waals surface area contributed by atoms with E-state index >= 15 is 0 Å². The maximum atomic E-state index is 12.2. The first-order chi connectivity index (χ1) is 10.9. The lowest BCUT2D eigenvalue weighted by Crippen LogP contribution is -2.47. The number of hydrogen-bond donors (Lipinski definition) is 2. The van der Waals surface area contributed by atoms with Gasteiger partial charge in [0, 0.05) is 25.0 Å². The average molecular weight is 317 g/mol. The Balaban J connectivity index is 1.99. The molecule has 1 atom stereocenters. The molecule has 0 aliphatic heterocycles. The number of ether oxygens (including phenoxy) is 1. The second kappa shape index (κ2) is 7.13. The Labute approximate surface area is 136 Å². The normalized spacial score (nSPS) is 12.5. The molecule has 0 radical (unpaired) electrons. The van der Waals surface area contributed by atoms with Crippen LogP contribution < -0.4 is 15.4 Å². The van der Waals surface area contributed by atoms with Crippen LogP contribution in [-0.2, 0) is 6.54 Å². The van der Waals surface area contributed by atoms with Gasteiger partial charge in [0.05, 0.1) is 31.4 Å². The van der Waals surface area contributed by atoms with E-state index < -0.39 is 0 Å². The van der Waals surface area contributed by atoms with Crippen molar-refractivity contribution in [2.45, 2.75) is 33.4 Å². The lowest BCUT2D eigenvalue weighted by atomic mass is 9.86. The summed E-state index contributed by atoms with van der Waals surface area (Å²) in [5, 5.41) is 5.80. The summed E-state index contributed by atoms with van der Waals surface area (Å²) >= 11 is 0. The molecule has 0 saturated carbocycles. The minimum absolute atomic E-state index is 0.0529. The van der Waals surface area contributed by atoms with Crippen molar-refractivity contribution in [3.63, 3.8) is 0 Å². The zero-order valence-electron chi connectivity index (χ0n) is 13.9. The molecule has 2 rings (SSSR count). The van der Waals surface area contributed by atoms with Crippen molar-refractivity contribution in [3.05, 3.63) is 37.1 Å². The van der Waals surface area contributed by atoms with E-state index in [-0.39, 0.29) is 17.5 Å². The van der Waals surface area contributed by atoms with Gasteiger partial charge >= 0.3 is 6.03 Å². The molecule has 7 heteroatoms. The van der Waals surface area contributed by atoms with Gasteiger partial charge in [-0.25, -0.2) is 14.8 Å². The Morgan fingerprint density at radius 2 is 2.17 bits per heavy atom. The third-order valence-electron chi connectivity index (χ3n) is 3.51. The van der Waals surface area contributed by atoms with Gasteiger partial charge in [-0.2, -0.15) is 0 Å². The summed E-state index contributed by atoms with van der Waals surface area (Å²) < 4.78 is 6.94. The molecule has 0 aliphatic rings. The minimum atomic E-state index is -0.267. The Bertz CT molecular complexity index is 617. The molecule has 0 aliphatic carbocycles. The van der Waals surface area contributed by atoms with Gasteiger partial charge in [-0.05, 0) is 11.5 Å². The molecule has 2 aromatic rings. The highest BCUT2D eigenvalue weighted by Crippen LogP contribution is 2.21. The number of hydrogen-bond acceptors (Lipinski definition) is 4. The van der Waals surface area contributed by atoms with Crippen LogP contribution >= 0.6 is 0 Å². The number of carbonyl (C=O) groups excluding carboxylic acids is 1. The van der Waals surface area contributed by atoms with Crippen LogP contribution in [0.2, 0.25) is 0 Å². The fourth-order valence-electron chi connectivity index (χ4n) is 2.04. The molecular formula is C16H23N5O2. The van der Waals surface area contributed by atoms with Crippen LogP contribution in [0.5, 0.6) is 5.88 Å². The fraction of sp³-hybridized carbons (Fsp3) is 0.438. The van der Waals surface area contributed by atoms with Crippen molar-refractivity contribution in [2.24, 2.45) is 5.41 Å². The molecule has 0 saturated heterocycles. The number of imidazole rings is 1. The number of urea groups is 1. The first-order valence-electron chi connectivity index (χ1n) is 7.42. The predicted octanol–water partition coefficient (Wildman–Crippen LogP) is 2.52. The first kappa shape index (κ1) is 16.8. The number of nitrogens with one attached hydrogen (secondary N) is 2. The standard InChI is InChI=1S/C16H23N5O2/c1-16(2,3)13(10-21-8-7-17-11-21)20-15(22)19-12-5-6-14(23-4)18-9-12/h5-9,11,13H,10H2,1-4H3,(H2,19,20,22)/t13-/m0/s1. The summed E-state index contributed by atoms with van der Waals surface area (Å²) in [6.45, 7) is 6.91. The topological polar surface area (TPSA) is 81.1 Å². The number of nitrogens with zero attached hydrogens (tertiary/aromatic N) is 3. The quantitative estimate of drug-likeness (QED) is 0.888. The Morgan fingerprint density at radius 1 is 1.39 bits per heavy atom. The molecule has 23 heavy (non-hydrogen) atoms. The summed E-state index contributed by atoms with van der Waals surface area (Å²) in [5.41, 5.74) is 0.512. The maximum Gasteiger partial charge on any atom is 0.319 e. The predicted molar refractivity (Wildman–Crippen MR) is 88.4 cm³/mol. The Kier molecular flexibility index (Phi) is 5.20. The SMILES string of the molecule is COc1ccc(NC(=O)N[C@@H](Cn2ccnc2)C(C)(C)C)cn1. The number of pyridine rings is 1. The zero-order valence-corrected chi connectivity index (χ0v) is 13.9. The van der Waals surface area contributed by atoms with E-state index in [1.165, 1.54) is 0 Å². The molecule has 0 bridgehead atoms. The van der Waals surface area contributed by atoms with E-state index in [1.54, 1.807) is 38.0 Å². The largest absolute Gasteiger partial charge is 0.481 e. The lowest BCUT2D eigenvalue weighted by Gasteiger charge is -2.31. The molecule has 124 valence electrons. The Morgan fingerprint density at radius 3 is 2.70 bits per heavy atom. The van der Waals surface area contributed by atoms with Crippen LogP contribution in [0.15, 0.2) is 37.1 Å². The summed E-state index contributed by atoms with van der Waals surface area (Å²) in [4.78, 5) is 20.3. The van der Waals surface area contributed by atoms with Crippen LogP contribution in [0.3, 0.4) is 0 Å². The van der Waals surface area contributed by atoms with E-state index in [2.05, 4.69) is 41.4 Å². The fourth-order valence-corrected chi connectivity index (χ4v) is 2.04. The van der Waals surface area contributed by atoms with Crippen molar-refractivity contribution in [1.29, 1.82) is 0 Å². The number of amides is 2. The van der Waals surface area contributed by atoms with E-state index in [1.807, 2.05) is 10.8 Å². The zero-order chi connectivity index (χ0) is 16.9. The van der Waals surface area contributed by atoms with Gasteiger partial charge in [-0.3, -0.25) is 0 Å². The average Bonchev–Trinajstić information content (AvgIpc) is 2.99. The van der Waals surface area contributed by atoms with Crippen LogP contribution in [0.25, 0.3) is 0 Å². The molecule has 2 heterocycles. The molecule has 0 aromatic carbocycles. The third-order valence-corrected chi connectivity index (χ3v) is 3.51. The summed E-state index contributed by atoms with van der Waals surface area (Å²) in [6, 6.07) is 3.12. The van der Waals surface area contributed by atoms with Crippen molar-refractivity contribution in [1.82, 2.24) is 19.9 Å². The Hall–Kier alpha value is -2.57. The number of carbonyl (C=O) groups is 1. The molecule has 7 nitrogen and oxygen atoms in total. The van der Waals surface area contributed by atoms with E-state index in [9.17, 15) is 4.79 Å². The van der Waals surface area contributed by atoms with Gasteiger partial charge in [-0.15, -0.1) is 0 Å². The summed E-state index contributed by atoms with van der Waals surface area (Å²) in [5.74, 6) is 0.503. The van der Waals surface area contributed by atoms with Crippen LogP contribution in [0.4, 0.5) is 10.5 Å². The molecule has 0 spiro atoms. The number of aromatic nitrogens is 3. The molecule has 0 fully saturated rings. The van der Waals surface area contributed by atoms with Gasteiger partial charge in [-0.1, -0.05) is 20.8 Å². The van der Waals surface area contributed by atoms with E-state index in [0.29, 0.717) is 18.1 Å². The lowest BCUT2D eigenvalue weighted by molar-refractivity contribution is 0.218. The molecule has 2 aromatic heterocycles. The smallest absolute Gasteiger partial charge is 0.319 e. The van der Waals surface area contributed by atoms with Crippen molar-refractivity contribution in [3.8, 4) is 5.88 Å². The molecule has 2 N–H and O–H groups in total. The van der Waals surface area contributed by atoms with E-state index in [4.69, 9.17) is 4.74 Å². The van der Waals surface area contributed by atoms with Gasteiger partial charge in [0.1, 0.15) is 0 Å². The maximum absolute atomic E-state index is 12.2. The summed E-state index contributed by atoms with van der Waals surface area (Å²) in [6.07, 6.45) is 6.90. The second-order valence-corrected chi connectivity index (χ2v) is 6.37. The number of anilines is 1. The highest BCUT2D eigenvalue weighted by atomic mass is 16.5. The van der Waals surface area contributed by atoms with Gasteiger partial charge in [0.25, 0.3) is 0 Å². The van der Waals surface area contributed by atoms with Gasteiger partial charge < -0.3 is 19.9 Å².